The first kappa shape index (κ1) is 33.5. The summed E-state index contributed by atoms with van der Waals surface area (Å²) in [6.45, 7) is 5.76. The average Bonchev–Trinajstić information content (AvgIpc) is 3.17. The third-order valence-electron chi connectivity index (χ3n) is 10.6. The van der Waals surface area contributed by atoms with Crippen LogP contribution in [0.25, 0.3) is 0 Å². The van der Waals surface area contributed by atoms with Crippen molar-refractivity contribution in [2.24, 2.45) is 28.6 Å². The van der Waals surface area contributed by atoms with E-state index in [1.807, 2.05) is 6.92 Å². The molecule has 1 unspecified atom stereocenters. The van der Waals surface area contributed by atoms with Gasteiger partial charge >= 0.3 is 12.1 Å². The molecule has 1 N–H and O–H groups in total. The molecule has 0 radical (unpaired) electrons. The maximum atomic E-state index is 17.6. The highest BCUT2D eigenvalue weighted by molar-refractivity contribution is 6.01. The number of halogens is 1. The van der Waals surface area contributed by atoms with Crippen molar-refractivity contribution >= 4 is 23.7 Å². The van der Waals surface area contributed by atoms with Gasteiger partial charge in [0.1, 0.15) is 0 Å². The SMILES string of the molecule is CCCCC(=O)O[C@]1(C(=O)COC(=O)OCCCO[N+](=O)[O-])[C@@H](C)C[C@H]2C3CCC4=CC(=O)C=C[C@]4(C)[C@@]3(F)[C@@H](O)C[C@@]21C. The van der Waals surface area contributed by atoms with Gasteiger partial charge in [0.25, 0.3) is 5.09 Å². The number of ketones is 2. The summed E-state index contributed by atoms with van der Waals surface area (Å²) in [7, 11) is 0. The molecule has 4 aliphatic carbocycles. The van der Waals surface area contributed by atoms with Crippen LogP contribution in [0.5, 0.6) is 0 Å². The molecular formula is C31H42FNO11. The van der Waals surface area contributed by atoms with E-state index in [4.69, 9.17) is 14.2 Å². The summed E-state index contributed by atoms with van der Waals surface area (Å²) in [5.74, 6) is -3.32. The fraction of sp³-hybridized carbons (Fsp3) is 0.742. The molecule has 3 fully saturated rings. The Morgan fingerprint density at radius 3 is 2.57 bits per heavy atom. The highest BCUT2D eigenvalue weighted by Crippen LogP contribution is 2.71. The Bertz CT molecular complexity index is 1250. The number of hydrogen-bond donors (Lipinski definition) is 1. The van der Waals surface area contributed by atoms with E-state index in [0.29, 0.717) is 37.7 Å². The van der Waals surface area contributed by atoms with Gasteiger partial charge in [0, 0.05) is 35.5 Å². The molecule has 0 aromatic rings. The first-order chi connectivity index (χ1) is 20.7. The predicted molar refractivity (Wildman–Crippen MR) is 151 cm³/mol. The lowest BCUT2D eigenvalue weighted by molar-refractivity contribution is -0.757. The fourth-order valence-corrected chi connectivity index (χ4v) is 8.58. The summed E-state index contributed by atoms with van der Waals surface area (Å²) in [6.07, 6.45) is 3.79. The van der Waals surface area contributed by atoms with E-state index in [0.717, 1.165) is 0 Å². The van der Waals surface area contributed by atoms with Crippen LogP contribution in [0.3, 0.4) is 0 Å². The molecule has 0 amide bonds. The number of alkyl halides is 1. The molecule has 0 aromatic heterocycles. The monoisotopic (exact) mass is 623 g/mol. The van der Waals surface area contributed by atoms with E-state index in [9.17, 15) is 34.4 Å². The number of rotatable bonds is 12. The Hall–Kier alpha value is -3.35. The maximum absolute atomic E-state index is 17.6. The van der Waals surface area contributed by atoms with Gasteiger partial charge in [-0.3, -0.25) is 14.4 Å². The molecular weight excluding hydrogens is 581 g/mol. The molecule has 0 heterocycles. The molecule has 13 heteroatoms. The Morgan fingerprint density at radius 2 is 1.89 bits per heavy atom. The van der Waals surface area contributed by atoms with Crippen LogP contribution >= 0.6 is 0 Å². The zero-order valence-electron chi connectivity index (χ0n) is 25.7. The van der Waals surface area contributed by atoms with Gasteiger partial charge in [-0.25, -0.2) is 9.18 Å². The van der Waals surface area contributed by atoms with Crippen LogP contribution in [0.4, 0.5) is 9.18 Å². The first-order valence-electron chi connectivity index (χ1n) is 15.3. The van der Waals surface area contributed by atoms with Crippen LogP contribution in [-0.4, -0.2) is 71.1 Å². The third-order valence-corrected chi connectivity index (χ3v) is 10.6. The van der Waals surface area contributed by atoms with Crippen molar-refractivity contribution in [3.8, 4) is 0 Å². The minimum Gasteiger partial charge on any atom is -0.450 e. The largest absolute Gasteiger partial charge is 0.508 e. The maximum Gasteiger partial charge on any atom is 0.508 e. The van der Waals surface area contributed by atoms with Crippen molar-refractivity contribution in [3.63, 3.8) is 0 Å². The van der Waals surface area contributed by atoms with Crippen LogP contribution in [-0.2, 0) is 33.4 Å². The summed E-state index contributed by atoms with van der Waals surface area (Å²) >= 11 is 0. The summed E-state index contributed by atoms with van der Waals surface area (Å²) < 4.78 is 33.7. The van der Waals surface area contributed by atoms with Crippen LogP contribution in [0.1, 0.15) is 79.1 Å². The average molecular weight is 624 g/mol. The van der Waals surface area contributed by atoms with Gasteiger partial charge in [-0.1, -0.05) is 38.8 Å². The predicted octanol–water partition coefficient (Wildman–Crippen LogP) is 4.40. The van der Waals surface area contributed by atoms with E-state index < -0.39 is 75.6 Å². The number of aliphatic hydroxyl groups excluding tert-OH is 1. The van der Waals surface area contributed by atoms with Crippen LogP contribution in [0, 0.1) is 38.7 Å². The van der Waals surface area contributed by atoms with Gasteiger partial charge in [0.05, 0.1) is 19.3 Å². The molecule has 8 atom stereocenters. The topological polar surface area (TPSA) is 169 Å². The number of allylic oxidation sites excluding steroid dienone is 4. The van der Waals surface area contributed by atoms with Crippen LogP contribution in [0.2, 0.25) is 0 Å². The van der Waals surface area contributed by atoms with Crippen molar-refractivity contribution in [2.45, 2.75) is 96.4 Å². The van der Waals surface area contributed by atoms with Crippen molar-refractivity contribution in [1.82, 2.24) is 0 Å². The molecule has 3 saturated carbocycles. The van der Waals surface area contributed by atoms with Crippen LogP contribution < -0.4 is 0 Å². The molecule has 4 aliphatic rings. The smallest absolute Gasteiger partial charge is 0.450 e. The van der Waals surface area contributed by atoms with Gasteiger partial charge in [-0.05, 0) is 57.1 Å². The Labute approximate surface area is 255 Å². The fourth-order valence-electron chi connectivity index (χ4n) is 8.58. The van der Waals surface area contributed by atoms with Gasteiger partial charge in [0.2, 0.25) is 5.78 Å². The third kappa shape index (κ3) is 5.41. The zero-order valence-corrected chi connectivity index (χ0v) is 25.7. The number of unbranched alkanes of at least 4 members (excludes halogenated alkanes) is 1. The van der Waals surface area contributed by atoms with E-state index in [1.165, 1.54) is 12.2 Å². The van der Waals surface area contributed by atoms with Gasteiger partial charge < -0.3 is 24.2 Å². The lowest BCUT2D eigenvalue weighted by Gasteiger charge is -2.62. The molecule has 4 rings (SSSR count). The Balaban J connectivity index is 1.62. The van der Waals surface area contributed by atoms with E-state index in [-0.39, 0.29) is 38.3 Å². The number of carbonyl (C=O) groups excluding carboxylic acids is 4. The minimum absolute atomic E-state index is 0.0171. The summed E-state index contributed by atoms with van der Waals surface area (Å²) in [5.41, 5.74) is -5.76. The van der Waals surface area contributed by atoms with E-state index in [2.05, 4.69) is 4.84 Å². The minimum atomic E-state index is -2.14. The Kier molecular flexibility index (Phi) is 9.58. The number of ether oxygens (including phenoxy) is 3. The molecule has 44 heavy (non-hydrogen) atoms. The zero-order chi connectivity index (χ0) is 32.5. The standard InChI is InChI=1S/C31H42FNO11/c1-5-6-8-26(37)44-31(25(36)18-42-27(38)41-13-7-14-43-33(39)40)19(2)15-23-22-10-9-20-16-21(34)11-12-28(20,3)30(22,32)24(35)17-29(23,31)4/h11-12,16,19,22-24,35H,5-10,13-15,17-18H2,1-4H3/t19-,22?,23-,24-,28-,29-,30-,31-/m0/s1. The van der Waals surface area contributed by atoms with Gasteiger partial charge in [0.15, 0.2) is 23.7 Å². The second-order valence-electron chi connectivity index (χ2n) is 12.9. The Morgan fingerprint density at radius 1 is 1.16 bits per heavy atom. The van der Waals surface area contributed by atoms with Crippen molar-refractivity contribution < 1.29 is 52.8 Å². The second-order valence-corrected chi connectivity index (χ2v) is 12.9. The number of fused-ring (bicyclic) bond motifs is 5. The van der Waals surface area contributed by atoms with Crippen LogP contribution in [0.15, 0.2) is 23.8 Å². The quantitative estimate of drug-likeness (QED) is 0.142. The second kappa shape index (κ2) is 12.6. The lowest BCUT2D eigenvalue weighted by Crippen LogP contribution is -2.70. The molecule has 244 valence electrons. The van der Waals surface area contributed by atoms with E-state index in [1.54, 1.807) is 26.8 Å². The number of aliphatic hydroxyl groups is 1. The summed E-state index contributed by atoms with van der Waals surface area (Å²) in [4.78, 5) is 66.1. The summed E-state index contributed by atoms with van der Waals surface area (Å²) in [5, 5.41) is 21.0. The number of carbonyl (C=O) groups is 4. The number of Topliss-reactive ketones (excluding diaryl/α,β-unsaturated/α-hetero) is 1. The molecule has 0 aliphatic heterocycles. The number of hydrogen-bond acceptors (Lipinski definition) is 11. The van der Waals surface area contributed by atoms with Crippen molar-refractivity contribution in [1.29, 1.82) is 0 Å². The normalized spacial score (nSPS) is 37.1. The van der Waals surface area contributed by atoms with Gasteiger partial charge in [-0.2, -0.15) is 0 Å². The highest BCUT2D eigenvalue weighted by atomic mass is 19.1. The van der Waals surface area contributed by atoms with Crippen molar-refractivity contribution in [3.05, 3.63) is 33.9 Å². The van der Waals surface area contributed by atoms with Gasteiger partial charge in [-0.15, -0.1) is 10.1 Å². The summed E-state index contributed by atoms with van der Waals surface area (Å²) in [6, 6.07) is 0. The number of nitrogens with zero attached hydrogens (tertiary/aromatic N) is 1. The first-order valence-corrected chi connectivity index (χ1v) is 15.3. The number of esters is 1. The molecule has 12 nitrogen and oxygen atoms in total. The lowest BCUT2D eigenvalue weighted by atomic mass is 9.44. The molecule has 0 bridgehead atoms. The molecule has 0 aromatic carbocycles. The van der Waals surface area contributed by atoms with Crippen molar-refractivity contribution in [2.75, 3.05) is 19.8 Å². The highest BCUT2D eigenvalue weighted by Gasteiger charge is 2.77. The molecule has 0 spiro atoms. The van der Waals surface area contributed by atoms with E-state index >= 15 is 4.39 Å². The molecule has 0 saturated heterocycles.